The second kappa shape index (κ2) is 10.5. The highest BCUT2D eigenvalue weighted by atomic mass is 32.2. The molecule has 6 rings (SSSR count). The Morgan fingerprint density at radius 2 is 1.93 bits per heavy atom. The van der Waals surface area contributed by atoms with Crippen LogP contribution in [0.15, 0.2) is 35.7 Å². The minimum absolute atomic E-state index is 0.0855. The van der Waals surface area contributed by atoms with Gasteiger partial charge in [-0.05, 0) is 62.8 Å². The average Bonchev–Trinajstić information content (AvgIpc) is 3.69. The van der Waals surface area contributed by atoms with Gasteiger partial charge in [0.05, 0.1) is 30.3 Å². The van der Waals surface area contributed by atoms with Crippen LogP contribution in [0.5, 0.6) is 5.88 Å². The lowest BCUT2D eigenvalue weighted by Crippen LogP contribution is -2.36. The van der Waals surface area contributed by atoms with Crippen molar-refractivity contribution in [1.82, 2.24) is 19.7 Å². The van der Waals surface area contributed by atoms with Gasteiger partial charge in [0.25, 0.3) is 0 Å². The molecular formula is C28H34FN5O5S. The van der Waals surface area contributed by atoms with Crippen LogP contribution in [0, 0.1) is 0 Å². The van der Waals surface area contributed by atoms with Gasteiger partial charge in [-0.15, -0.1) is 0 Å². The summed E-state index contributed by atoms with van der Waals surface area (Å²) in [6, 6.07) is 3.32. The molecule has 2 aliphatic carbocycles. The number of halogens is 1. The number of alkyl halides is 1. The van der Waals surface area contributed by atoms with E-state index < -0.39 is 21.7 Å². The molecule has 1 saturated carbocycles. The number of fused-ring (bicyclic) bond motifs is 2. The molecule has 1 saturated heterocycles. The highest BCUT2D eigenvalue weighted by molar-refractivity contribution is 7.89. The summed E-state index contributed by atoms with van der Waals surface area (Å²) in [5, 5.41) is 13.7. The Kier molecular flexibility index (Phi) is 7.14. The molecule has 2 N–H and O–H groups in total. The van der Waals surface area contributed by atoms with Gasteiger partial charge in [0.1, 0.15) is 23.8 Å². The molecule has 10 nitrogen and oxygen atoms in total. The number of nitrogens with one attached hydrogen (secondary N) is 1. The highest BCUT2D eigenvalue weighted by Gasteiger charge is 2.36. The quantitative estimate of drug-likeness (QED) is 0.368. The molecule has 214 valence electrons. The number of hydroxylamine groups is 1. The van der Waals surface area contributed by atoms with Crippen LogP contribution in [0.3, 0.4) is 0 Å². The van der Waals surface area contributed by atoms with E-state index in [9.17, 15) is 18.0 Å². The van der Waals surface area contributed by atoms with Crippen LogP contribution in [-0.4, -0.2) is 66.2 Å². The van der Waals surface area contributed by atoms with Gasteiger partial charge in [-0.3, -0.25) is 10.2 Å². The number of sulfonamides is 1. The number of aromatic nitrogens is 3. The smallest absolute Gasteiger partial charge is 0.243 e. The largest absolute Gasteiger partial charge is 0.473 e. The molecule has 40 heavy (non-hydrogen) atoms. The second-order valence-corrected chi connectivity index (χ2v) is 13.2. The SMILES string of the molecule is CC(C)(F)CNS(=O)(=O)c1c2c(cc3cnc(C4CC4)cc13)C[C@@H](N(O)c1cncnc1OC1CCOCC1)C2. The molecule has 2 fully saturated rings. The third-order valence-corrected chi connectivity index (χ3v) is 9.26. The summed E-state index contributed by atoms with van der Waals surface area (Å²) in [5.41, 5.74) is 0.860. The Balaban J connectivity index is 1.36. The van der Waals surface area contributed by atoms with E-state index in [1.165, 1.54) is 26.4 Å². The van der Waals surface area contributed by atoms with Crippen molar-refractivity contribution in [1.29, 1.82) is 0 Å². The summed E-state index contributed by atoms with van der Waals surface area (Å²) >= 11 is 0. The summed E-state index contributed by atoms with van der Waals surface area (Å²) in [7, 11) is -4.09. The maximum atomic E-state index is 14.4. The third kappa shape index (κ3) is 5.63. The van der Waals surface area contributed by atoms with E-state index in [2.05, 4.69) is 19.7 Å². The predicted molar refractivity (Wildman–Crippen MR) is 146 cm³/mol. The number of hydrogen-bond donors (Lipinski definition) is 2. The summed E-state index contributed by atoms with van der Waals surface area (Å²) in [4.78, 5) is 13.1. The minimum atomic E-state index is -4.09. The number of anilines is 1. The topological polar surface area (TPSA) is 127 Å². The molecule has 0 unspecified atom stereocenters. The summed E-state index contributed by atoms with van der Waals surface area (Å²) in [6.07, 6.45) is 8.63. The Bertz CT molecular complexity index is 1520. The molecule has 12 heteroatoms. The van der Waals surface area contributed by atoms with E-state index in [-0.39, 0.29) is 29.8 Å². The van der Waals surface area contributed by atoms with E-state index in [1.54, 1.807) is 6.20 Å². The fraction of sp³-hybridized carbons (Fsp3) is 0.536. The summed E-state index contributed by atoms with van der Waals surface area (Å²) in [5.74, 6) is 0.599. The highest BCUT2D eigenvalue weighted by Crippen LogP contribution is 2.43. The van der Waals surface area contributed by atoms with Gasteiger partial charge >= 0.3 is 0 Å². The molecule has 0 radical (unpaired) electrons. The van der Waals surface area contributed by atoms with E-state index in [0.717, 1.165) is 42.0 Å². The van der Waals surface area contributed by atoms with Gasteiger partial charge in [-0.2, -0.15) is 4.98 Å². The van der Waals surface area contributed by atoms with Gasteiger partial charge in [0.15, 0.2) is 0 Å². The lowest BCUT2D eigenvalue weighted by atomic mass is 10.0. The second-order valence-electron chi connectivity index (χ2n) is 11.5. The van der Waals surface area contributed by atoms with Gasteiger partial charge < -0.3 is 9.47 Å². The molecule has 3 aliphatic rings. The van der Waals surface area contributed by atoms with Gasteiger partial charge in [-0.25, -0.2) is 27.6 Å². The van der Waals surface area contributed by atoms with Crippen molar-refractivity contribution < 1.29 is 27.5 Å². The first-order chi connectivity index (χ1) is 19.1. The van der Waals surface area contributed by atoms with Crippen molar-refractivity contribution in [3.63, 3.8) is 0 Å². The molecule has 1 aliphatic heterocycles. The molecular weight excluding hydrogens is 537 g/mol. The van der Waals surface area contributed by atoms with E-state index in [4.69, 9.17) is 9.47 Å². The number of nitrogens with zero attached hydrogens (tertiary/aromatic N) is 4. The molecule has 0 amide bonds. The van der Waals surface area contributed by atoms with Crippen LogP contribution < -0.4 is 14.5 Å². The number of benzene rings is 1. The fourth-order valence-electron chi connectivity index (χ4n) is 5.47. The number of ether oxygens (including phenoxy) is 2. The Morgan fingerprint density at radius 3 is 2.65 bits per heavy atom. The van der Waals surface area contributed by atoms with E-state index >= 15 is 0 Å². The molecule has 3 aromatic rings. The van der Waals surface area contributed by atoms with Crippen molar-refractivity contribution in [3.8, 4) is 5.88 Å². The van der Waals surface area contributed by atoms with Crippen molar-refractivity contribution in [2.45, 2.75) is 81.0 Å². The average molecular weight is 572 g/mol. The molecule has 3 heterocycles. The number of hydrogen-bond acceptors (Lipinski definition) is 9. The first kappa shape index (κ1) is 27.3. The minimum Gasteiger partial charge on any atom is -0.473 e. The molecule has 0 bridgehead atoms. The summed E-state index contributed by atoms with van der Waals surface area (Å²) in [6.45, 7) is 3.51. The van der Waals surface area contributed by atoms with Crippen LogP contribution in [0.2, 0.25) is 0 Å². The lowest BCUT2D eigenvalue weighted by molar-refractivity contribution is 0.0233. The van der Waals surface area contributed by atoms with Crippen LogP contribution in [0.4, 0.5) is 10.1 Å². The standard InChI is InChI=1S/C28H34FN5O5S/c1-28(2,29)15-33-40(36,37)26-22-11-20(10-18(22)9-19-13-31-24(12-23(19)26)17-3-4-17)34(35)25-14-30-16-32-27(25)39-21-5-7-38-8-6-21/h9,12-14,16-17,20-21,33,35H,3-8,10-11,15H2,1-2H3/t20-/m1/s1. The van der Waals surface area contributed by atoms with Gasteiger partial charge in [0, 0.05) is 48.0 Å². The van der Waals surface area contributed by atoms with E-state index in [0.29, 0.717) is 47.6 Å². The van der Waals surface area contributed by atoms with Crippen molar-refractivity contribution in [2.24, 2.45) is 0 Å². The lowest BCUT2D eigenvalue weighted by Gasteiger charge is -2.27. The predicted octanol–water partition coefficient (Wildman–Crippen LogP) is 3.85. The number of pyridine rings is 1. The van der Waals surface area contributed by atoms with Crippen LogP contribution >= 0.6 is 0 Å². The van der Waals surface area contributed by atoms with Crippen LogP contribution in [-0.2, 0) is 27.6 Å². The third-order valence-electron chi connectivity index (χ3n) is 7.73. The van der Waals surface area contributed by atoms with Gasteiger partial charge in [0.2, 0.25) is 15.9 Å². The van der Waals surface area contributed by atoms with Gasteiger partial charge in [-0.1, -0.05) is 0 Å². The Morgan fingerprint density at radius 1 is 1.15 bits per heavy atom. The Hall–Kier alpha value is -2.93. The maximum Gasteiger partial charge on any atom is 0.243 e. The number of rotatable bonds is 9. The monoisotopic (exact) mass is 571 g/mol. The zero-order chi connectivity index (χ0) is 28.1. The Labute approximate surface area is 232 Å². The normalized spacial score (nSPS) is 20.1. The molecule has 0 spiro atoms. The molecule has 2 aromatic heterocycles. The molecule has 1 aromatic carbocycles. The first-order valence-electron chi connectivity index (χ1n) is 13.7. The fourth-order valence-corrected chi connectivity index (χ4v) is 7.16. The maximum absolute atomic E-state index is 14.4. The van der Waals surface area contributed by atoms with Crippen molar-refractivity contribution in [3.05, 3.63) is 47.7 Å². The molecule has 1 atom stereocenters. The summed E-state index contributed by atoms with van der Waals surface area (Å²) < 4.78 is 55.9. The van der Waals surface area contributed by atoms with Crippen molar-refractivity contribution in [2.75, 3.05) is 24.8 Å². The van der Waals surface area contributed by atoms with E-state index in [1.807, 2.05) is 12.1 Å². The zero-order valence-corrected chi connectivity index (χ0v) is 23.5. The first-order valence-corrected chi connectivity index (χ1v) is 15.2. The zero-order valence-electron chi connectivity index (χ0n) is 22.6. The van der Waals surface area contributed by atoms with Crippen LogP contribution in [0.1, 0.15) is 62.3 Å². The van der Waals surface area contributed by atoms with Crippen LogP contribution in [0.25, 0.3) is 10.8 Å². The van der Waals surface area contributed by atoms with Crippen molar-refractivity contribution >= 4 is 26.5 Å².